The molecule has 2 heterocycles. The number of benzene rings is 1. The molecule has 1 aromatic rings. The van der Waals surface area contributed by atoms with Crippen LogP contribution in [-0.2, 0) is 14.2 Å². The molecule has 0 spiro atoms. The van der Waals surface area contributed by atoms with E-state index >= 15 is 0 Å². The van der Waals surface area contributed by atoms with Crippen molar-refractivity contribution in [1.29, 1.82) is 0 Å². The van der Waals surface area contributed by atoms with E-state index < -0.39 is 41.2 Å². The zero-order chi connectivity index (χ0) is 17.5. The van der Waals surface area contributed by atoms with Crippen LogP contribution in [0.15, 0.2) is 24.3 Å². The molecule has 3 rings (SSSR count). The fraction of sp³-hybridized carbons (Fsp3) is 0.533. The number of aliphatic hydroxyl groups is 1. The molecule has 1 amide bonds. The summed E-state index contributed by atoms with van der Waals surface area (Å²) < 4.78 is 16.9. The van der Waals surface area contributed by atoms with Crippen LogP contribution in [-0.4, -0.2) is 52.9 Å². The number of aliphatic hydroxyl groups excluding tert-OH is 1. The highest BCUT2D eigenvalue weighted by molar-refractivity contribution is 5.94. The van der Waals surface area contributed by atoms with E-state index in [1.165, 1.54) is 24.3 Å². The highest BCUT2D eigenvalue weighted by atomic mass is 16.8. The Morgan fingerprint density at radius 2 is 2.00 bits per heavy atom. The van der Waals surface area contributed by atoms with Gasteiger partial charge in [0.05, 0.1) is 17.6 Å². The second-order valence-electron chi connectivity index (χ2n) is 6.13. The lowest BCUT2D eigenvalue weighted by molar-refractivity contribution is -0.384. The number of nitro benzene ring substituents is 1. The summed E-state index contributed by atoms with van der Waals surface area (Å²) in [5.74, 6) is -1.28. The molecule has 1 aromatic carbocycles. The van der Waals surface area contributed by atoms with Gasteiger partial charge in [0.1, 0.15) is 12.2 Å². The Hall–Kier alpha value is -2.07. The van der Waals surface area contributed by atoms with Gasteiger partial charge < -0.3 is 24.6 Å². The fourth-order valence-corrected chi connectivity index (χ4v) is 2.88. The number of hydrogen-bond acceptors (Lipinski definition) is 7. The minimum Gasteiger partial charge on any atom is -0.394 e. The Bertz CT molecular complexity index is 646. The molecule has 4 atom stereocenters. The third kappa shape index (κ3) is 3.11. The van der Waals surface area contributed by atoms with Gasteiger partial charge in [-0.2, -0.15) is 0 Å². The molecule has 0 saturated carbocycles. The van der Waals surface area contributed by atoms with E-state index in [-0.39, 0.29) is 17.9 Å². The van der Waals surface area contributed by atoms with Gasteiger partial charge in [-0.15, -0.1) is 0 Å². The van der Waals surface area contributed by atoms with Gasteiger partial charge in [-0.25, -0.2) is 0 Å². The van der Waals surface area contributed by atoms with Crippen molar-refractivity contribution in [2.75, 3.05) is 6.61 Å². The van der Waals surface area contributed by atoms with Crippen LogP contribution in [0.2, 0.25) is 0 Å². The molecule has 0 aromatic heterocycles. The summed E-state index contributed by atoms with van der Waals surface area (Å²) in [5, 5.41) is 22.9. The topological polar surface area (TPSA) is 120 Å². The van der Waals surface area contributed by atoms with Crippen LogP contribution < -0.4 is 5.32 Å². The van der Waals surface area contributed by atoms with E-state index in [0.717, 1.165) is 0 Å². The highest BCUT2D eigenvalue weighted by Crippen LogP contribution is 2.37. The Morgan fingerprint density at radius 3 is 2.58 bits per heavy atom. The molecule has 0 aliphatic carbocycles. The molecule has 0 radical (unpaired) electrons. The van der Waals surface area contributed by atoms with Crippen LogP contribution in [0.3, 0.4) is 0 Å². The summed E-state index contributed by atoms with van der Waals surface area (Å²) in [6.07, 6.45) is -1.86. The molecule has 9 nitrogen and oxygen atoms in total. The molecule has 24 heavy (non-hydrogen) atoms. The number of carbonyl (C=O) groups is 1. The lowest BCUT2D eigenvalue weighted by atomic mass is 10.1. The van der Waals surface area contributed by atoms with E-state index in [2.05, 4.69) is 5.32 Å². The van der Waals surface area contributed by atoms with Gasteiger partial charge in [0.2, 0.25) is 0 Å². The summed E-state index contributed by atoms with van der Waals surface area (Å²) in [6, 6.07) is 4.65. The molecule has 2 N–H and O–H groups in total. The summed E-state index contributed by atoms with van der Waals surface area (Å²) in [5.41, 5.74) is 0.164. The third-order valence-electron chi connectivity index (χ3n) is 3.97. The van der Waals surface area contributed by atoms with E-state index in [9.17, 15) is 20.0 Å². The first kappa shape index (κ1) is 16.8. The van der Waals surface area contributed by atoms with Gasteiger partial charge in [0, 0.05) is 17.7 Å². The SMILES string of the molecule is CC1(C)OC2O[C@H](CO)[C@@H](NC(=O)c3ccc([N+](=O)[O-])cc3)[C@H]2O1. The van der Waals surface area contributed by atoms with Crippen LogP contribution in [0.1, 0.15) is 24.2 Å². The van der Waals surface area contributed by atoms with Crippen molar-refractivity contribution in [3.63, 3.8) is 0 Å². The maximum absolute atomic E-state index is 12.4. The second kappa shape index (κ2) is 6.10. The zero-order valence-electron chi connectivity index (χ0n) is 13.2. The van der Waals surface area contributed by atoms with Gasteiger partial charge in [-0.05, 0) is 26.0 Å². The minimum atomic E-state index is -0.841. The van der Waals surface area contributed by atoms with Crippen molar-refractivity contribution >= 4 is 11.6 Å². The summed E-state index contributed by atoms with van der Waals surface area (Å²) in [4.78, 5) is 22.5. The van der Waals surface area contributed by atoms with Crippen molar-refractivity contribution in [2.45, 2.75) is 44.2 Å². The van der Waals surface area contributed by atoms with E-state index in [1.54, 1.807) is 13.8 Å². The number of non-ortho nitro benzene ring substituents is 1. The maximum Gasteiger partial charge on any atom is 0.269 e. The monoisotopic (exact) mass is 338 g/mol. The van der Waals surface area contributed by atoms with Gasteiger partial charge in [0.25, 0.3) is 11.6 Å². The van der Waals surface area contributed by atoms with Crippen molar-refractivity contribution < 1.29 is 29.0 Å². The number of nitro groups is 1. The predicted octanol–water partition coefficient (Wildman–Crippen LogP) is 0.562. The van der Waals surface area contributed by atoms with Crippen LogP contribution in [0.25, 0.3) is 0 Å². The van der Waals surface area contributed by atoms with Gasteiger partial charge in [-0.3, -0.25) is 14.9 Å². The molecule has 2 aliphatic heterocycles. The molecule has 0 bridgehead atoms. The minimum absolute atomic E-state index is 0.0988. The second-order valence-corrected chi connectivity index (χ2v) is 6.13. The molecule has 2 aliphatic rings. The summed E-state index contributed by atoms with van der Waals surface area (Å²) in [7, 11) is 0. The smallest absolute Gasteiger partial charge is 0.269 e. The number of carbonyl (C=O) groups excluding carboxylic acids is 1. The van der Waals surface area contributed by atoms with Gasteiger partial charge in [0.15, 0.2) is 12.1 Å². The molecule has 2 saturated heterocycles. The number of ether oxygens (including phenoxy) is 3. The predicted molar refractivity (Wildman–Crippen MR) is 80.1 cm³/mol. The number of amides is 1. The van der Waals surface area contributed by atoms with Crippen molar-refractivity contribution in [3.8, 4) is 0 Å². The fourth-order valence-electron chi connectivity index (χ4n) is 2.88. The molecule has 2 fully saturated rings. The van der Waals surface area contributed by atoms with Crippen LogP contribution in [0.4, 0.5) is 5.69 Å². The normalized spacial score (nSPS) is 30.8. The van der Waals surface area contributed by atoms with Gasteiger partial charge >= 0.3 is 0 Å². The molecule has 1 unspecified atom stereocenters. The zero-order valence-corrected chi connectivity index (χ0v) is 13.2. The first-order chi connectivity index (χ1) is 11.3. The van der Waals surface area contributed by atoms with E-state index in [0.29, 0.717) is 0 Å². The number of nitrogens with zero attached hydrogens (tertiary/aromatic N) is 1. The number of fused-ring (bicyclic) bond motifs is 1. The van der Waals surface area contributed by atoms with E-state index in [4.69, 9.17) is 14.2 Å². The maximum atomic E-state index is 12.4. The molecular formula is C15H18N2O7. The van der Waals surface area contributed by atoms with Crippen molar-refractivity contribution in [3.05, 3.63) is 39.9 Å². The average molecular weight is 338 g/mol. The number of hydrogen-bond donors (Lipinski definition) is 2. The summed E-state index contributed by atoms with van der Waals surface area (Å²) in [6.45, 7) is 3.17. The quantitative estimate of drug-likeness (QED) is 0.608. The highest BCUT2D eigenvalue weighted by Gasteiger charge is 2.55. The van der Waals surface area contributed by atoms with Crippen LogP contribution in [0.5, 0.6) is 0 Å². The van der Waals surface area contributed by atoms with Crippen molar-refractivity contribution in [2.24, 2.45) is 0 Å². The standard InChI is InChI=1S/C15H18N2O7/c1-15(2)23-12-11(10(7-18)22-14(12)24-15)16-13(19)8-3-5-9(6-4-8)17(20)21/h3-6,10-12,14,18H,7H2,1-2H3,(H,16,19)/t10-,11-,12-,14?/m1/s1. The Balaban J connectivity index is 1.73. The van der Waals surface area contributed by atoms with Crippen LogP contribution in [0, 0.1) is 10.1 Å². The lowest BCUT2D eigenvalue weighted by Crippen LogP contribution is -2.49. The van der Waals surface area contributed by atoms with E-state index in [1.807, 2.05) is 0 Å². The Morgan fingerprint density at radius 1 is 1.33 bits per heavy atom. The Kier molecular flexibility index (Phi) is 4.26. The first-order valence-electron chi connectivity index (χ1n) is 7.48. The number of rotatable bonds is 4. The summed E-state index contributed by atoms with van der Waals surface area (Å²) >= 11 is 0. The third-order valence-corrected chi connectivity index (χ3v) is 3.97. The molecule has 9 heteroatoms. The van der Waals surface area contributed by atoms with Crippen LogP contribution >= 0.6 is 0 Å². The molecule has 130 valence electrons. The first-order valence-corrected chi connectivity index (χ1v) is 7.48. The molecular weight excluding hydrogens is 320 g/mol. The largest absolute Gasteiger partial charge is 0.394 e. The number of nitrogens with one attached hydrogen (secondary N) is 1. The van der Waals surface area contributed by atoms with Crippen molar-refractivity contribution in [1.82, 2.24) is 5.32 Å². The lowest BCUT2D eigenvalue weighted by Gasteiger charge is -2.25. The average Bonchev–Trinajstić information content (AvgIpc) is 2.99. The van der Waals surface area contributed by atoms with Gasteiger partial charge in [-0.1, -0.05) is 0 Å². The Labute approximate surface area is 137 Å².